The Labute approximate surface area is 144 Å². The minimum absolute atomic E-state index is 0.0259. The fourth-order valence-electron chi connectivity index (χ4n) is 1.81. The third-order valence-electron chi connectivity index (χ3n) is 2.85. The van der Waals surface area contributed by atoms with Gasteiger partial charge in [-0.3, -0.25) is 9.59 Å². The molecular weight excluding hydrogens is 358 g/mol. The van der Waals surface area contributed by atoms with E-state index in [-0.39, 0.29) is 18.2 Å². The Kier molecular flexibility index (Phi) is 4.73. The molecule has 0 aromatic carbocycles. The van der Waals surface area contributed by atoms with Crippen LogP contribution in [0.1, 0.15) is 19.3 Å². The van der Waals surface area contributed by atoms with E-state index < -0.39 is 0 Å². The third-order valence-corrected chi connectivity index (χ3v) is 6.27. The number of thiophene rings is 3. The lowest BCUT2D eigenvalue weighted by Gasteiger charge is -2.01. The van der Waals surface area contributed by atoms with E-state index in [1.807, 2.05) is 23.6 Å². The van der Waals surface area contributed by atoms with E-state index in [1.165, 1.54) is 22.7 Å². The average Bonchev–Trinajstić information content (AvgIpc) is 3.23. The first kappa shape index (κ1) is 15.4. The second-order valence-electron chi connectivity index (χ2n) is 4.35. The molecule has 3 nitrogen and oxygen atoms in total. The van der Waals surface area contributed by atoms with Crippen molar-refractivity contribution < 1.29 is 9.59 Å². The summed E-state index contributed by atoms with van der Waals surface area (Å²) in [5, 5.41) is 4.65. The zero-order chi connectivity index (χ0) is 15.5. The molecule has 7 heteroatoms. The second kappa shape index (κ2) is 6.75. The van der Waals surface area contributed by atoms with Crippen molar-refractivity contribution in [2.75, 3.05) is 6.54 Å². The number of halogens is 1. The average molecular weight is 368 g/mol. The van der Waals surface area contributed by atoms with Gasteiger partial charge in [0.2, 0.25) is 0 Å². The molecule has 1 N–H and O–H groups in total. The van der Waals surface area contributed by atoms with Crippen molar-refractivity contribution in [1.82, 2.24) is 5.32 Å². The standard InChI is InChI=1S/C15H10ClNO2S3/c16-14-6-5-10(22-14)9(18)8-17-15(19)13-4-3-12(21-13)11-2-1-7-20-11/h1-7H,8H2,(H,17,19). The van der Waals surface area contributed by atoms with Gasteiger partial charge in [-0.15, -0.1) is 34.0 Å². The normalized spacial score (nSPS) is 10.6. The molecule has 0 radical (unpaired) electrons. The van der Waals surface area contributed by atoms with Crippen LogP contribution in [0.2, 0.25) is 4.34 Å². The number of Topliss-reactive ketones (excluding diaryl/α,β-unsaturated/α-hetero) is 1. The lowest BCUT2D eigenvalue weighted by atomic mass is 10.3. The number of rotatable bonds is 5. The van der Waals surface area contributed by atoms with Crippen molar-refractivity contribution in [3.8, 4) is 9.75 Å². The number of carbonyl (C=O) groups is 2. The first-order valence-corrected chi connectivity index (χ1v) is 9.23. The molecule has 0 spiro atoms. The van der Waals surface area contributed by atoms with Crippen LogP contribution in [0.4, 0.5) is 0 Å². The van der Waals surface area contributed by atoms with Crippen LogP contribution in [-0.2, 0) is 0 Å². The predicted octanol–water partition coefficient (Wildman–Crippen LogP) is 4.80. The summed E-state index contributed by atoms with van der Waals surface area (Å²) < 4.78 is 0.563. The highest BCUT2D eigenvalue weighted by atomic mass is 35.5. The minimum atomic E-state index is -0.233. The predicted molar refractivity (Wildman–Crippen MR) is 93.6 cm³/mol. The number of carbonyl (C=O) groups excluding carboxylic acids is 2. The highest BCUT2D eigenvalue weighted by molar-refractivity contribution is 7.22. The largest absolute Gasteiger partial charge is 0.344 e. The van der Waals surface area contributed by atoms with Gasteiger partial charge in [-0.25, -0.2) is 0 Å². The summed E-state index contributed by atoms with van der Waals surface area (Å²) in [5.74, 6) is -0.371. The number of ketones is 1. The van der Waals surface area contributed by atoms with Gasteiger partial charge in [-0.05, 0) is 35.7 Å². The summed E-state index contributed by atoms with van der Waals surface area (Å²) in [4.78, 5) is 27.4. The lowest BCUT2D eigenvalue weighted by molar-refractivity contribution is 0.0908. The van der Waals surface area contributed by atoms with E-state index in [0.29, 0.717) is 14.1 Å². The highest BCUT2D eigenvalue weighted by Gasteiger charge is 2.14. The van der Waals surface area contributed by atoms with Crippen molar-refractivity contribution in [2.24, 2.45) is 0 Å². The first-order valence-electron chi connectivity index (χ1n) is 6.34. The maximum atomic E-state index is 12.1. The number of hydrogen-bond donors (Lipinski definition) is 1. The maximum Gasteiger partial charge on any atom is 0.261 e. The highest BCUT2D eigenvalue weighted by Crippen LogP contribution is 2.31. The molecule has 0 atom stereocenters. The second-order valence-corrected chi connectivity index (χ2v) is 8.10. The van der Waals surface area contributed by atoms with E-state index in [2.05, 4.69) is 5.32 Å². The zero-order valence-electron chi connectivity index (χ0n) is 11.2. The van der Waals surface area contributed by atoms with Gasteiger partial charge in [0.05, 0.1) is 20.6 Å². The monoisotopic (exact) mass is 367 g/mol. The number of nitrogens with one attached hydrogen (secondary N) is 1. The van der Waals surface area contributed by atoms with Crippen molar-refractivity contribution in [3.05, 3.63) is 55.9 Å². The third kappa shape index (κ3) is 3.47. The quantitative estimate of drug-likeness (QED) is 0.658. The van der Waals surface area contributed by atoms with Crippen LogP contribution in [0.25, 0.3) is 9.75 Å². The van der Waals surface area contributed by atoms with Gasteiger partial charge in [0.15, 0.2) is 5.78 Å². The number of amides is 1. The molecule has 0 bridgehead atoms. The molecule has 0 aliphatic carbocycles. The Morgan fingerprint density at radius 3 is 2.50 bits per heavy atom. The fraction of sp³-hybridized carbons (Fsp3) is 0.0667. The SMILES string of the molecule is O=C(CNC(=O)c1ccc(-c2cccs2)s1)c1ccc(Cl)s1. The van der Waals surface area contributed by atoms with Crippen molar-refractivity contribution in [2.45, 2.75) is 0 Å². The molecule has 112 valence electrons. The fourth-order valence-corrected chi connectivity index (χ4v) is 4.55. The van der Waals surface area contributed by atoms with Crippen LogP contribution >= 0.6 is 45.6 Å². The molecule has 0 aliphatic rings. The summed E-state index contributed by atoms with van der Waals surface area (Å²) in [5.41, 5.74) is 0. The van der Waals surface area contributed by atoms with Crippen LogP contribution in [0, 0.1) is 0 Å². The molecule has 0 saturated carbocycles. The van der Waals surface area contributed by atoms with Crippen molar-refractivity contribution >= 4 is 57.3 Å². The van der Waals surface area contributed by atoms with Gasteiger partial charge in [-0.1, -0.05) is 17.7 Å². The molecular formula is C15H10ClNO2S3. The van der Waals surface area contributed by atoms with Gasteiger partial charge in [0.1, 0.15) is 0 Å². The minimum Gasteiger partial charge on any atom is -0.344 e. The van der Waals surface area contributed by atoms with E-state index in [0.717, 1.165) is 9.75 Å². The van der Waals surface area contributed by atoms with Gasteiger partial charge in [-0.2, -0.15) is 0 Å². The molecule has 3 aromatic rings. The summed E-state index contributed by atoms with van der Waals surface area (Å²) in [6.45, 7) is -0.0259. The maximum absolute atomic E-state index is 12.1. The Balaban J connectivity index is 1.61. The summed E-state index contributed by atoms with van der Waals surface area (Å²) in [7, 11) is 0. The van der Waals surface area contributed by atoms with Crippen molar-refractivity contribution in [1.29, 1.82) is 0 Å². The van der Waals surface area contributed by atoms with Gasteiger partial charge in [0.25, 0.3) is 5.91 Å². The molecule has 3 rings (SSSR count). The van der Waals surface area contributed by atoms with Crippen LogP contribution < -0.4 is 5.32 Å². The zero-order valence-corrected chi connectivity index (χ0v) is 14.4. The molecule has 1 amide bonds. The van der Waals surface area contributed by atoms with E-state index in [9.17, 15) is 9.59 Å². The van der Waals surface area contributed by atoms with Crippen LogP contribution in [0.15, 0.2) is 41.8 Å². The van der Waals surface area contributed by atoms with Gasteiger partial charge in [0, 0.05) is 9.75 Å². The lowest BCUT2D eigenvalue weighted by Crippen LogP contribution is -2.28. The topological polar surface area (TPSA) is 46.2 Å². The van der Waals surface area contributed by atoms with E-state index in [1.54, 1.807) is 29.5 Å². The molecule has 0 fully saturated rings. The van der Waals surface area contributed by atoms with E-state index >= 15 is 0 Å². The smallest absolute Gasteiger partial charge is 0.261 e. The van der Waals surface area contributed by atoms with Crippen LogP contribution in [0.3, 0.4) is 0 Å². The molecule has 3 aromatic heterocycles. The molecule has 0 aliphatic heterocycles. The van der Waals surface area contributed by atoms with Gasteiger partial charge >= 0.3 is 0 Å². The van der Waals surface area contributed by atoms with Crippen LogP contribution in [-0.4, -0.2) is 18.2 Å². The molecule has 3 heterocycles. The molecule has 22 heavy (non-hydrogen) atoms. The Bertz CT molecular complexity index is 804. The summed E-state index contributed by atoms with van der Waals surface area (Å²) in [6, 6.07) is 11.0. The van der Waals surface area contributed by atoms with Crippen LogP contribution in [0.5, 0.6) is 0 Å². The Morgan fingerprint density at radius 1 is 1.00 bits per heavy atom. The summed E-state index contributed by atoms with van der Waals surface area (Å²) >= 11 is 10.1. The van der Waals surface area contributed by atoms with Gasteiger partial charge < -0.3 is 5.32 Å². The molecule has 0 saturated heterocycles. The summed E-state index contributed by atoms with van der Waals surface area (Å²) in [6.07, 6.45) is 0. The van der Waals surface area contributed by atoms with Crippen molar-refractivity contribution in [3.63, 3.8) is 0 Å². The number of hydrogen-bond acceptors (Lipinski definition) is 5. The molecule has 0 unspecified atom stereocenters. The van der Waals surface area contributed by atoms with E-state index in [4.69, 9.17) is 11.6 Å². The first-order chi connectivity index (χ1) is 10.6. The Morgan fingerprint density at radius 2 is 1.82 bits per heavy atom. The Hall–Kier alpha value is -1.47.